The second kappa shape index (κ2) is 16.9. The van der Waals surface area contributed by atoms with Crippen LogP contribution in [0, 0.1) is 0 Å². The van der Waals surface area contributed by atoms with Crippen molar-refractivity contribution >= 4 is 11.9 Å². The normalized spacial score (nSPS) is 21.5. The Morgan fingerprint density at radius 2 is 1.77 bits per heavy atom. The topological polar surface area (TPSA) is 154 Å². The first-order valence-electron chi connectivity index (χ1n) is 15.0. The molecule has 3 N–H and O–H groups in total. The average Bonchev–Trinajstić information content (AvgIpc) is 3.50. The smallest absolute Gasteiger partial charge is 0.306 e. The zero-order valence-electron chi connectivity index (χ0n) is 25.2. The number of hydrogen-bond acceptors (Lipinski definition) is 10. The van der Waals surface area contributed by atoms with Crippen molar-refractivity contribution in [3.63, 3.8) is 0 Å². The summed E-state index contributed by atoms with van der Waals surface area (Å²) in [5.41, 5.74) is 2.40. The number of amides is 1. The van der Waals surface area contributed by atoms with Crippen molar-refractivity contribution in [1.82, 2.24) is 20.3 Å². The number of unbranched alkanes of at least 4 members (excludes halogenated alkanes) is 4. The van der Waals surface area contributed by atoms with Crippen LogP contribution in [0.1, 0.15) is 51.0 Å². The van der Waals surface area contributed by atoms with Crippen LogP contribution in [0.3, 0.4) is 0 Å². The molecule has 5 unspecified atom stereocenters. The van der Waals surface area contributed by atoms with Gasteiger partial charge in [-0.25, -0.2) is 4.68 Å². The van der Waals surface area contributed by atoms with Crippen molar-refractivity contribution in [2.75, 3.05) is 13.7 Å². The molecule has 1 aromatic heterocycles. The molecule has 1 amide bonds. The van der Waals surface area contributed by atoms with Crippen molar-refractivity contribution in [3.8, 4) is 17.0 Å². The van der Waals surface area contributed by atoms with Crippen LogP contribution in [-0.4, -0.2) is 81.4 Å². The fourth-order valence-corrected chi connectivity index (χ4v) is 5.01. The SMILES string of the molecule is COc1cccc(-c2cn(CC3OC(OCCCCCCCC(=O)OCc4ccccc4)C(NC(C)=O)C(O)C3O)nn2)c1. The van der Waals surface area contributed by atoms with E-state index in [2.05, 4.69) is 15.6 Å². The standard InChI is InChI=1S/C32H42N4O8/c1-22(37)33-29-31(40)30(39)27(20-36-19-26(34-35-36)24-14-11-15-25(18-24)41-2)44-32(29)42-17-10-5-3-4-9-16-28(38)43-21-23-12-7-6-8-13-23/h6-8,11-15,18-19,27,29-32,39-40H,3-5,9-10,16-17,20-21H2,1-2H3,(H,33,37). The van der Waals surface area contributed by atoms with E-state index in [4.69, 9.17) is 18.9 Å². The lowest BCUT2D eigenvalue weighted by atomic mass is 9.96. The van der Waals surface area contributed by atoms with E-state index in [0.717, 1.165) is 43.2 Å². The third kappa shape index (κ3) is 9.84. The summed E-state index contributed by atoms with van der Waals surface area (Å²) in [6.07, 6.45) is 1.81. The first-order valence-corrected chi connectivity index (χ1v) is 15.0. The number of nitrogens with one attached hydrogen (secondary N) is 1. The number of nitrogens with zero attached hydrogens (tertiary/aromatic N) is 3. The van der Waals surface area contributed by atoms with E-state index in [1.54, 1.807) is 13.3 Å². The predicted molar refractivity (Wildman–Crippen MR) is 160 cm³/mol. The molecule has 44 heavy (non-hydrogen) atoms. The Balaban J connectivity index is 1.21. The fraction of sp³-hybridized carbons (Fsp3) is 0.500. The number of methoxy groups -OCH3 is 1. The van der Waals surface area contributed by atoms with Gasteiger partial charge in [0.1, 0.15) is 42.4 Å². The summed E-state index contributed by atoms with van der Waals surface area (Å²) in [4.78, 5) is 23.8. The van der Waals surface area contributed by atoms with Crippen LogP contribution in [0.25, 0.3) is 11.3 Å². The van der Waals surface area contributed by atoms with Crippen LogP contribution in [-0.2, 0) is 37.0 Å². The molecule has 12 heteroatoms. The fourth-order valence-electron chi connectivity index (χ4n) is 5.01. The highest BCUT2D eigenvalue weighted by Gasteiger charge is 2.45. The second-order valence-corrected chi connectivity index (χ2v) is 10.8. The molecule has 4 rings (SSSR count). The largest absolute Gasteiger partial charge is 0.497 e. The monoisotopic (exact) mass is 610 g/mol. The van der Waals surface area contributed by atoms with E-state index in [-0.39, 0.29) is 25.0 Å². The van der Waals surface area contributed by atoms with Crippen molar-refractivity contribution in [3.05, 3.63) is 66.4 Å². The van der Waals surface area contributed by atoms with E-state index >= 15 is 0 Å². The molecule has 0 saturated carbocycles. The van der Waals surface area contributed by atoms with Gasteiger partial charge < -0.3 is 34.5 Å². The number of aliphatic hydroxyl groups excluding tert-OH is 2. The Hall–Kier alpha value is -3.84. The quantitative estimate of drug-likeness (QED) is 0.163. The number of aromatic nitrogens is 3. The Bertz CT molecular complexity index is 1320. The summed E-state index contributed by atoms with van der Waals surface area (Å²) >= 11 is 0. The highest BCUT2D eigenvalue weighted by Crippen LogP contribution is 2.25. The van der Waals surface area contributed by atoms with Crippen molar-refractivity contribution in [2.24, 2.45) is 0 Å². The summed E-state index contributed by atoms with van der Waals surface area (Å²) < 4.78 is 24.1. The van der Waals surface area contributed by atoms with E-state index in [1.165, 1.54) is 11.6 Å². The number of carbonyl (C=O) groups excluding carboxylic acids is 2. The van der Waals surface area contributed by atoms with Crippen molar-refractivity contribution in [1.29, 1.82) is 0 Å². The van der Waals surface area contributed by atoms with E-state index in [9.17, 15) is 19.8 Å². The van der Waals surface area contributed by atoms with E-state index in [1.807, 2.05) is 54.6 Å². The number of hydrogen-bond donors (Lipinski definition) is 3. The first-order chi connectivity index (χ1) is 21.3. The van der Waals surface area contributed by atoms with Gasteiger partial charge in [0, 0.05) is 25.5 Å². The minimum atomic E-state index is -1.31. The zero-order valence-corrected chi connectivity index (χ0v) is 25.2. The number of rotatable bonds is 16. The third-order valence-corrected chi connectivity index (χ3v) is 7.39. The summed E-state index contributed by atoms with van der Waals surface area (Å²) in [6, 6.07) is 16.1. The molecule has 0 radical (unpaired) electrons. The number of benzene rings is 2. The summed E-state index contributed by atoms with van der Waals surface area (Å²) in [5, 5.41) is 32.7. The maximum atomic E-state index is 12.0. The molecule has 0 spiro atoms. The van der Waals surface area contributed by atoms with Crippen LogP contribution in [0.15, 0.2) is 60.8 Å². The maximum Gasteiger partial charge on any atom is 0.306 e. The second-order valence-electron chi connectivity index (χ2n) is 10.8. The van der Waals surface area contributed by atoms with E-state index < -0.39 is 30.6 Å². The molecular formula is C32H42N4O8. The van der Waals surface area contributed by atoms with Gasteiger partial charge >= 0.3 is 5.97 Å². The number of ether oxygens (including phenoxy) is 4. The Morgan fingerprint density at radius 1 is 1.00 bits per heavy atom. The van der Waals surface area contributed by atoms with Gasteiger partial charge in [-0.05, 0) is 30.5 Å². The van der Waals surface area contributed by atoms with Gasteiger partial charge in [-0.15, -0.1) is 5.10 Å². The summed E-state index contributed by atoms with van der Waals surface area (Å²) in [5.74, 6) is 0.112. The molecule has 238 valence electrons. The zero-order chi connectivity index (χ0) is 31.3. The highest BCUT2D eigenvalue weighted by molar-refractivity contribution is 5.73. The Kier molecular flexibility index (Phi) is 12.7. The van der Waals surface area contributed by atoms with Crippen LogP contribution < -0.4 is 10.1 Å². The van der Waals surface area contributed by atoms with Crippen LogP contribution >= 0.6 is 0 Å². The van der Waals surface area contributed by atoms with Crippen LogP contribution in [0.2, 0.25) is 0 Å². The van der Waals surface area contributed by atoms with Gasteiger partial charge in [-0.2, -0.15) is 0 Å². The lowest BCUT2D eigenvalue weighted by Gasteiger charge is -2.42. The molecule has 5 atom stereocenters. The number of carbonyl (C=O) groups is 2. The average molecular weight is 611 g/mol. The van der Waals surface area contributed by atoms with Crippen molar-refractivity contribution in [2.45, 2.75) is 89.2 Å². The van der Waals surface area contributed by atoms with Crippen LogP contribution in [0.4, 0.5) is 0 Å². The molecule has 0 aliphatic carbocycles. The molecule has 0 bridgehead atoms. The molecule has 2 aromatic carbocycles. The van der Waals surface area contributed by atoms with Crippen molar-refractivity contribution < 1.29 is 38.7 Å². The third-order valence-electron chi connectivity index (χ3n) is 7.39. The summed E-state index contributed by atoms with van der Waals surface area (Å²) in [7, 11) is 1.59. The summed E-state index contributed by atoms with van der Waals surface area (Å²) in [6.45, 7) is 2.05. The highest BCUT2D eigenvalue weighted by atomic mass is 16.7. The molecule has 1 aliphatic heterocycles. The molecule has 2 heterocycles. The molecule has 1 aliphatic rings. The first kappa shape index (κ1) is 33.1. The van der Waals surface area contributed by atoms with Gasteiger partial charge in [0.05, 0.1) is 19.9 Å². The molecular weight excluding hydrogens is 568 g/mol. The predicted octanol–water partition coefficient (Wildman–Crippen LogP) is 3.01. The van der Waals surface area contributed by atoms with Gasteiger partial charge in [-0.3, -0.25) is 9.59 Å². The number of aliphatic hydroxyl groups is 2. The lowest BCUT2D eigenvalue weighted by Crippen LogP contribution is -2.64. The molecule has 3 aromatic rings. The minimum Gasteiger partial charge on any atom is -0.497 e. The molecule has 1 saturated heterocycles. The van der Waals surface area contributed by atoms with Crippen LogP contribution in [0.5, 0.6) is 5.75 Å². The van der Waals surface area contributed by atoms with Gasteiger partial charge in [-0.1, -0.05) is 66.9 Å². The Labute approximate surface area is 257 Å². The van der Waals surface area contributed by atoms with E-state index in [0.29, 0.717) is 24.5 Å². The number of esters is 1. The minimum absolute atomic E-state index is 0.107. The molecule has 12 nitrogen and oxygen atoms in total. The maximum absolute atomic E-state index is 12.0. The van der Waals surface area contributed by atoms with Gasteiger partial charge in [0.2, 0.25) is 5.91 Å². The van der Waals surface area contributed by atoms with Gasteiger partial charge in [0.15, 0.2) is 6.29 Å². The Morgan fingerprint density at radius 3 is 2.55 bits per heavy atom. The molecule has 1 fully saturated rings. The van der Waals surface area contributed by atoms with Gasteiger partial charge in [0.25, 0.3) is 0 Å². The lowest BCUT2D eigenvalue weighted by molar-refractivity contribution is -0.267.